The molecule has 0 saturated carbocycles. The number of nitro groups is 1. The second kappa shape index (κ2) is 7.01. The van der Waals surface area contributed by atoms with Crippen LogP contribution in [0.3, 0.4) is 0 Å². The van der Waals surface area contributed by atoms with E-state index in [1.54, 1.807) is 18.2 Å². The van der Waals surface area contributed by atoms with Crippen molar-refractivity contribution in [2.45, 2.75) is 6.42 Å². The first kappa shape index (κ1) is 18.1. The highest BCUT2D eigenvalue weighted by Crippen LogP contribution is 2.36. The third-order valence-corrected chi connectivity index (χ3v) is 4.72. The third kappa shape index (κ3) is 3.09. The lowest BCUT2D eigenvalue weighted by atomic mass is 10.1. The Balaban J connectivity index is 1.88. The maximum absolute atomic E-state index is 13.2. The molecule has 1 aliphatic rings. The van der Waals surface area contributed by atoms with Gasteiger partial charge < -0.3 is 24.7 Å². The molecule has 0 fully saturated rings. The Morgan fingerprint density at radius 1 is 1.25 bits per heavy atom. The van der Waals surface area contributed by atoms with Gasteiger partial charge in [0.25, 0.3) is 5.69 Å². The van der Waals surface area contributed by atoms with Gasteiger partial charge in [-0.1, -0.05) is 0 Å². The number of rotatable bonds is 6. The van der Waals surface area contributed by atoms with E-state index < -0.39 is 4.92 Å². The Morgan fingerprint density at radius 3 is 2.71 bits per heavy atom. The summed E-state index contributed by atoms with van der Waals surface area (Å²) in [6.07, 6.45) is 0.871. The summed E-state index contributed by atoms with van der Waals surface area (Å²) in [5.41, 5.74) is 0.792. The molecule has 146 valence electrons. The maximum atomic E-state index is 13.2. The van der Waals surface area contributed by atoms with Crippen LogP contribution < -0.4 is 20.2 Å². The zero-order valence-corrected chi connectivity index (χ0v) is 15.6. The first-order valence-corrected chi connectivity index (χ1v) is 8.91. The quantitative estimate of drug-likeness (QED) is 0.291. The lowest BCUT2D eigenvalue weighted by molar-refractivity contribution is -0.383. The van der Waals surface area contributed by atoms with Crippen LogP contribution in [0, 0.1) is 10.1 Å². The molecule has 28 heavy (non-hydrogen) atoms. The van der Waals surface area contributed by atoms with Crippen LogP contribution in [0.1, 0.15) is 6.42 Å². The van der Waals surface area contributed by atoms with Crippen LogP contribution in [0.15, 0.2) is 29.1 Å². The zero-order valence-electron chi connectivity index (χ0n) is 15.6. The summed E-state index contributed by atoms with van der Waals surface area (Å²) < 4.78 is 10.7. The molecular weight excluding hydrogens is 364 g/mol. The number of nitrogens with one attached hydrogen (secondary N) is 2. The van der Waals surface area contributed by atoms with Crippen LogP contribution in [0.5, 0.6) is 11.5 Å². The number of aromatic amines is 1. The van der Waals surface area contributed by atoms with Gasteiger partial charge in [0, 0.05) is 24.4 Å². The van der Waals surface area contributed by atoms with Crippen molar-refractivity contribution in [2.75, 3.05) is 39.3 Å². The van der Waals surface area contributed by atoms with Crippen molar-refractivity contribution >= 4 is 33.2 Å². The smallest absolute Gasteiger partial charge is 0.293 e. The minimum atomic E-state index is -0.493. The van der Waals surface area contributed by atoms with Gasteiger partial charge in [-0.25, -0.2) is 0 Å². The van der Waals surface area contributed by atoms with Gasteiger partial charge in [-0.05, 0) is 39.2 Å². The summed E-state index contributed by atoms with van der Waals surface area (Å²) in [6, 6.07) is 6.25. The van der Waals surface area contributed by atoms with E-state index in [1.165, 1.54) is 6.07 Å². The second-order valence-electron chi connectivity index (χ2n) is 6.93. The lowest BCUT2D eigenvalue weighted by Crippen LogP contribution is -2.17. The largest absolute Gasteiger partial charge is 0.454 e. The molecule has 2 N–H and O–H groups in total. The zero-order chi connectivity index (χ0) is 19.8. The fraction of sp³-hybridized carbons (Fsp3) is 0.316. The number of pyridine rings is 1. The minimum Gasteiger partial charge on any atom is -0.454 e. The Bertz CT molecular complexity index is 1140. The number of nitro benzene ring substituents is 1. The van der Waals surface area contributed by atoms with Gasteiger partial charge in [0.1, 0.15) is 5.52 Å². The van der Waals surface area contributed by atoms with Crippen molar-refractivity contribution in [2.24, 2.45) is 0 Å². The fourth-order valence-electron chi connectivity index (χ4n) is 3.37. The van der Waals surface area contributed by atoms with E-state index in [1.807, 2.05) is 14.1 Å². The van der Waals surface area contributed by atoms with E-state index in [-0.39, 0.29) is 28.8 Å². The highest BCUT2D eigenvalue weighted by Gasteiger charge is 2.22. The van der Waals surface area contributed by atoms with E-state index in [0.717, 1.165) is 13.0 Å². The molecule has 2 aromatic carbocycles. The van der Waals surface area contributed by atoms with Crippen LogP contribution >= 0.6 is 0 Å². The van der Waals surface area contributed by atoms with Crippen molar-refractivity contribution in [3.8, 4) is 11.5 Å². The van der Waals surface area contributed by atoms with E-state index in [9.17, 15) is 14.9 Å². The normalized spacial score (nSPS) is 12.8. The number of nitrogens with zero attached hydrogens (tertiary/aromatic N) is 2. The van der Waals surface area contributed by atoms with Gasteiger partial charge in [0.05, 0.1) is 21.2 Å². The monoisotopic (exact) mass is 384 g/mol. The second-order valence-corrected chi connectivity index (χ2v) is 6.93. The van der Waals surface area contributed by atoms with Crippen molar-refractivity contribution < 1.29 is 14.4 Å². The van der Waals surface area contributed by atoms with Gasteiger partial charge in [-0.15, -0.1) is 0 Å². The Hall–Kier alpha value is -3.33. The highest BCUT2D eigenvalue weighted by molar-refractivity contribution is 6.03. The number of benzene rings is 2. The van der Waals surface area contributed by atoms with Crippen molar-refractivity contribution in [1.82, 2.24) is 9.88 Å². The summed E-state index contributed by atoms with van der Waals surface area (Å²) >= 11 is 0. The molecule has 1 aromatic heterocycles. The van der Waals surface area contributed by atoms with Crippen LogP contribution in [0.2, 0.25) is 0 Å². The Kier molecular flexibility index (Phi) is 4.52. The molecule has 9 heteroatoms. The molecule has 0 aliphatic carbocycles. The van der Waals surface area contributed by atoms with E-state index in [4.69, 9.17) is 9.47 Å². The van der Waals surface area contributed by atoms with Crippen molar-refractivity contribution in [3.05, 3.63) is 44.6 Å². The maximum Gasteiger partial charge on any atom is 0.293 e. The number of non-ortho nitro benzene ring substituents is 1. The average Bonchev–Trinajstić information content (AvgIpc) is 3.10. The van der Waals surface area contributed by atoms with Crippen LogP contribution in [0.4, 0.5) is 11.4 Å². The van der Waals surface area contributed by atoms with Crippen molar-refractivity contribution in [1.29, 1.82) is 0 Å². The summed E-state index contributed by atoms with van der Waals surface area (Å²) in [7, 11) is 3.98. The predicted molar refractivity (Wildman–Crippen MR) is 107 cm³/mol. The molecule has 0 bridgehead atoms. The standard InChI is InChI=1S/C19H20N4O5/c1-22(2)7-3-6-20-12-4-5-14(23(25)26)18-17(12)19(24)11-8-15-16(28-10-27-15)9-13(11)21-18/h4-5,8-9,20H,3,6-7,10H2,1-2H3,(H,21,24). The van der Waals surface area contributed by atoms with Crippen molar-refractivity contribution in [3.63, 3.8) is 0 Å². The topological polar surface area (TPSA) is 110 Å². The van der Waals surface area contributed by atoms with E-state index in [2.05, 4.69) is 15.2 Å². The lowest BCUT2D eigenvalue weighted by Gasteiger charge is -2.13. The molecule has 9 nitrogen and oxygen atoms in total. The number of H-pyrrole nitrogens is 1. The number of anilines is 1. The molecule has 2 heterocycles. The molecule has 0 spiro atoms. The van der Waals surface area contributed by atoms with Crippen LogP contribution in [-0.2, 0) is 0 Å². The molecule has 4 rings (SSSR count). The first-order valence-electron chi connectivity index (χ1n) is 8.91. The molecule has 0 unspecified atom stereocenters. The summed E-state index contributed by atoms with van der Waals surface area (Å²) in [6.45, 7) is 1.61. The minimum absolute atomic E-state index is 0.0815. The third-order valence-electron chi connectivity index (χ3n) is 4.72. The number of ether oxygens (including phenoxy) is 2. The van der Waals surface area contributed by atoms with Crippen LogP contribution in [-0.4, -0.2) is 48.8 Å². The number of hydrogen-bond acceptors (Lipinski definition) is 7. The summed E-state index contributed by atoms with van der Waals surface area (Å²) in [5, 5.41) is 15.4. The molecule has 1 aliphatic heterocycles. The van der Waals surface area contributed by atoms with Gasteiger partial charge >= 0.3 is 0 Å². The number of hydrogen-bond donors (Lipinski definition) is 2. The van der Waals surface area contributed by atoms with E-state index >= 15 is 0 Å². The molecule has 0 amide bonds. The first-order chi connectivity index (χ1) is 13.5. The van der Waals surface area contributed by atoms with Crippen LogP contribution in [0.25, 0.3) is 21.8 Å². The van der Waals surface area contributed by atoms with Gasteiger partial charge in [-0.3, -0.25) is 14.9 Å². The Labute approximate surface area is 160 Å². The average molecular weight is 384 g/mol. The summed E-state index contributed by atoms with van der Waals surface area (Å²) in [4.78, 5) is 29.4. The Morgan fingerprint density at radius 2 is 2.00 bits per heavy atom. The molecule has 0 saturated heterocycles. The van der Waals surface area contributed by atoms with Gasteiger partial charge in [-0.2, -0.15) is 0 Å². The SMILES string of the molecule is CN(C)CCCNc1ccc([N+](=O)[O-])c2[nH]c3cc4c(cc3c(=O)c12)OCO4. The molecule has 0 atom stereocenters. The van der Waals surface area contributed by atoms with Gasteiger partial charge in [0.2, 0.25) is 6.79 Å². The highest BCUT2D eigenvalue weighted by atomic mass is 16.7. The van der Waals surface area contributed by atoms with Gasteiger partial charge in [0.15, 0.2) is 16.9 Å². The van der Waals surface area contributed by atoms with E-state index in [0.29, 0.717) is 34.6 Å². The molecule has 0 radical (unpaired) electrons. The summed E-state index contributed by atoms with van der Waals surface area (Å²) in [5.74, 6) is 0.992. The number of fused-ring (bicyclic) bond motifs is 3. The molecule has 3 aromatic rings. The number of aromatic nitrogens is 1. The molecular formula is C19H20N4O5. The fourth-order valence-corrected chi connectivity index (χ4v) is 3.37. The predicted octanol–water partition coefficient (Wildman–Crippen LogP) is 2.68.